The van der Waals surface area contributed by atoms with Gasteiger partial charge in [0.1, 0.15) is 18.2 Å². The Morgan fingerprint density at radius 3 is 2.83 bits per heavy atom. The third-order valence-electron chi connectivity index (χ3n) is 6.19. The lowest BCUT2D eigenvalue weighted by Gasteiger charge is -2.30. The van der Waals surface area contributed by atoms with Gasteiger partial charge in [-0.2, -0.15) is 9.61 Å². The molecule has 2 saturated carbocycles. The Hall–Kier alpha value is -3.00. The van der Waals surface area contributed by atoms with Gasteiger partial charge >= 0.3 is 0 Å². The minimum Gasteiger partial charge on any atom is -0.445 e. The van der Waals surface area contributed by atoms with Crippen molar-refractivity contribution in [1.82, 2.24) is 19.6 Å². The first-order valence-electron chi connectivity index (χ1n) is 10.7. The summed E-state index contributed by atoms with van der Waals surface area (Å²) in [6, 6.07) is 5.56. The summed E-state index contributed by atoms with van der Waals surface area (Å²) in [6.45, 7) is 0.421. The SMILES string of the molecule is O=C(Nc1cc(N[C@@H]2CCCC[C@H]2C[OH2+])nc2c(C3CC3)cnn12)c1cccnc1. The molecule has 2 aliphatic carbocycles. The molecule has 156 valence electrons. The summed E-state index contributed by atoms with van der Waals surface area (Å²) in [5.41, 5.74) is 2.42. The number of amides is 1. The maximum absolute atomic E-state index is 12.8. The van der Waals surface area contributed by atoms with Gasteiger partial charge in [-0.15, -0.1) is 0 Å². The third-order valence-corrected chi connectivity index (χ3v) is 6.19. The van der Waals surface area contributed by atoms with Crippen LogP contribution in [0, 0.1) is 5.92 Å². The summed E-state index contributed by atoms with van der Waals surface area (Å²) in [5.74, 6) is 1.92. The quantitative estimate of drug-likeness (QED) is 0.611. The number of hydrogen-bond donors (Lipinski definition) is 2. The van der Waals surface area contributed by atoms with E-state index in [0.717, 1.165) is 42.7 Å². The minimum absolute atomic E-state index is 0.230. The highest BCUT2D eigenvalue weighted by Gasteiger charge is 2.30. The molecule has 0 aliphatic heterocycles. The molecule has 1 amide bonds. The van der Waals surface area contributed by atoms with Crippen molar-refractivity contribution >= 4 is 23.2 Å². The van der Waals surface area contributed by atoms with Crippen molar-refractivity contribution in [3.8, 4) is 0 Å². The molecule has 8 nitrogen and oxygen atoms in total. The summed E-state index contributed by atoms with van der Waals surface area (Å²) in [4.78, 5) is 21.6. The third kappa shape index (κ3) is 3.75. The number of pyridine rings is 1. The average molecular weight is 407 g/mol. The van der Waals surface area contributed by atoms with E-state index in [9.17, 15) is 4.79 Å². The van der Waals surface area contributed by atoms with Crippen LogP contribution < -0.4 is 10.6 Å². The molecule has 5 rings (SSSR count). The first-order valence-corrected chi connectivity index (χ1v) is 10.7. The second kappa shape index (κ2) is 8.02. The summed E-state index contributed by atoms with van der Waals surface area (Å²) in [7, 11) is 0. The number of anilines is 2. The van der Waals surface area contributed by atoms with E-state index in [1.54, 1.807) is 29.0 Å². The van der Waals surface area contributed by atoms with Gasteiger partial charge in [0.25, 0.3) is 5.91 Å². The van der Waals surface area contributed by atoms with E-state index >= 15 is 0 Å². The molecule has 0 saturated heterocycles. The zero-order valence-corrected chi connectivity index (χ0v) is 16.8. The van der Waals surface area contributed by atoms with Crippen molar-refractivity contribution in [1.29, 1.82) is 0 Å². The van der Waals surface area contributed by atoms with Crippen LogP contribution in [0.15, 0.2) is 36.8 Å². The first kappa shape index (κ1) is 19.0. The smallest absolute Gasteiger partial charge is 0.258 e. The normalized spacial score (nSPS) is 21.5. The zero-order valence-electron chi connectivity index (χ0n) is 16.8. The summed E-state index contributed by atoms with van der Waals surface area (Å²) in [5, 5.41) is 19.0. The Balaban J connectivity index is 1.49. The molecule has 2 aliphatic rings. The molecule has 4 N–H and O–H groups in total. The van der Waals surface area contributed by atoms with Gasteiger partial charge in [-0.1, -0.05) is 12.8 Å². The zero-order chi connectivity index (χ0) is 20.5. The van der Waals surface area contributed by atoms with E-state index in [2.05, 4.69) is 20.7 Å². The van der Waals surface area contributed by atoms with Crippen LogP contribution in [-0.2, 0) is 0 Å². The predicted octanol–water partition coefficient (Wildman–Crippen LogP) is 2.95. The molecule has 3 aromatic rings. The van der Waals surface area contributed by atoms with Crippen molar-refractivity contribution in [2.45, 2.75) is 50.5 Å². The van der Waals surface area contributed by atoms with Gasteiger partial charge in [0.2, 0.25) is 0 Å². The highest BCUT2D eigenvalue weighted by Crippen LogP contribution is 2.42. The molecule has 2 atom stereocenters. The lowest BCUT2D eigenvalue weighted by atomic mass is 9.85. The van der Waals surface area contributed by atoms with Gasteiger partial charge in [-0.25, -0.2) is 4.98 Å². The predicted molar refractivity (Wildman–Crippen MR) is 115 cm³/mol. The number of fused-ring (bicyclic) bond motifs is 1. The fourth-order valence-electron chi connectivity index (χ4n) is 4.34. The number of hydrogen-bond acceptors (Lipinski definition) is 5. The van der Waals surface area contributed by atoms with Crippen LogP contribution in [0.3, 0.4) is 0 Å². The summed E-state index contributed by atoms with van der Waals surface area (Å²) >= 11 is 0. The average Bonchev–Trinajstić information content (AvgIpc) is 3.53. The Morgan fingerprint density at radius 2 is 2.07 bits per heavy atom. The molecular formula is C22H27N6O2+. The molecule has 3 heterocycles. The molecular weight excluding hydrogens is 380 g/mol. The Kier molecular flexibility index (Phi) is 5.08. The molecule has 0 bridgehead atoms. The van der Waals surface area contributed by atoms with E-state index in [-0.39, 0.29) is 11.9 Å². The fourth-order valence-corrected chi connectivity index (χ4v) is 4.34. The van der Waals surface area contributed by atoms with Crippen molar-refractivity contribution < 1.29 is 9.90 Å². The van der Waals surface area contributed by atoms with Crippen LogP contribution in [0.2, 0.25) is 0 Å². The van der Waals surface area contributed by atoms with Gasteiger partial charge < -0.3 is 15.7 Å². The number of carbonyl (C=O) groups is 1. The Labute approximate surface area is 174 Å². The number of nitrogens with one attached hydrogen (secondary N) is 2. The molecule has 0 spiro atoms. The summed E-state index contributed by atoms with van der Waals surface area (Å²) < 4.78 is 1.72. The fraction of sp³-hybridized carbons (Fsp3) is 0.455. The number of nitrogens with zero attached hydrogens (tertiary/aromatic N) is 4. The molecule has 30 heavy (non-hydrogen) atoms. The summed E-state index contributed by atoms with van der Waals surface area (Å²) in [6.07, 6.45) is 11.9. The van der Waals surface area contributed by atoms with Crippen LogP contribution in [0.5, 0.6) is 0 Å². The maximum Gasteiger partial charge on any atom is 0.258 e. The van der Waals surface area contributed by atoms with Gasteiger partial charge in [0.05, 0.1) is 11.8 Å². The van der Waals surface area contributed by atoms with Gasteiger partial charge in [0.15, 0.2) is 5.65 Å². The van der Waals surface area contributed by atoms with Crippen LogP contribution in [0.25, 0.3) is 5.65 Å². The van der Waals surface area contributed by atoms with Gasteiger partial charge in [-0.05, 0) is 43.7 Å². The van der Waals surface area contributed by atoms with Crippen molar-refractivity contribution in [3.63, 3.8) is 0 Å². The standard InChI is InChI=1S/C22H26N6O2/c29-13-16-4-1-2-6-18(16)25-19-10-20(27-22(30)15-5-3-9-23-11-15)28-21(26-19)17(12-24-28)14-7-8-14/h3,5,9-12,14,16,18,29H,1-2,4,6-8,13H2,(H,25,26)(H,27,30)/p+1/t16-,18+/m0/s1. The monoisotopic (exact) mass is 407 g/mol. The Bertz CT molecular complexity index is 1050. The minimum atomic E-state index is -0.230. The number of aromatic nitrogens is 4. The van der Waals surface area contributed by atoms with Crippen LogP contribution in [0.4, 0.5) is 11.6 Å². The first-order chi connectivity index (χ1) is 14.7. The highest BCUT2D eigenvalue weighted by atomic mass is 16.3. The van der Waals surface area contributed by atoms with Crippen molar-refractivity contribution in [2.75, 3.05) is 17.2 Å². The van der Waals surface area contributed by atoms with E-state index in [1.165, 1.54) is 12.8 Å². The van der Waals surface area contributed by atoms with Crippen LogP contribution in [-0.4, -0.2) is 43.2 Å². The molecule has 3 aromatic heterocycles. The van der Waals surface area contributed by atoms with Crippen LogP contribution >= 0.6 is 0 Å². The number of rotatable bonds is 6. The second-order valence-corrected chi connectivity index (χ2v) is 8.33. The molecule has 0 unspecified atom stereocenters. The van der Waals surface area contributed by atoms with E-state index < -0.39 is 0 Å². The van der Waals surface area contributed by atoms with Crippen molar-refractivity contribution in [2.24, 2.45) is 5.92 Å². The Morgan fingerprint density at radius 1 is 1.20 bits per heavy atom. The van der Waals surface area contributed by atoms with Gasteiger partial charge in [0, 0.05) is 36.0 Å². The topological polar surface area (TPSA) is 107 Å². The highest BCUT2D eigenvalue weighted by molar-refractivity contribution is 6.03. The van der Waals surface area contributed by atoms with Crippen molar-refractivity contribution in [3.05, 3.63) is 47.9 Å². The maximum atomic E-state index is 12.8. The molecule has 8 heteroatoms. The molecule has 0 radical (unpaired) electrons. The lowest BCUT2D eigenvalue weighted by Crippen LogP contribution is -2.34. The van der Waals surface area contributed by atoms with Crippen LogP contribution in [0.1, 0.15) is 60.4 Å². The van der Waals surface area contributed by atoms with E-state index in [1.807, 2.05) is 12.3 Å². The van der Waals surface area contributed by atoms with Gasteiger partial charge in [-0.3, -0.25) is 9.78 Å². The second-order valence-electron chi connectivity index (χ2n) is 8.33. The number of carbonyl (C=O) groups excluding carboxylic acids is 1. The van der Waals surface area contributed by atoms with E-state index in [4.69, 9.17) is 10.1 Å². The lowest BCUT2D eigenvalue weighted by molar-refractivity contribution is 0.102. The molecule has 0 aromatic carbocycles. The molecule has 2 fully saturated rings. The largest absolute Gasteiger partial charge is 0.445 e. The van der Waals surface area contributed by atoms with E-state index in [0.29, 0.717) is 29.8 Å².